The molecule has 0 aliphatic heterocycles. The summed E-state index contributed by atoms with van der Waals surface area (Å²) in [5.74, 6) is 0.400. The van der Waals surface area contributed by atoms with Crippen LogP contribution < -0.4 is 10.1 Å². The Labute approximate surface area is 222 Å². The Hall–Kier alpha value is -4.23. The number of H-pyrrole nitrogens is 1. The molecule has 1 aromatic heterocycles. The van der Waals surface area contributed by atoms with Gasteiger partial charge in [0.2, 0.25) is 5.91 Å². The normalized spacial score (nSPS) is 12.1. The van der Waals surface area contributed by atoms with Gasteiger partial charge in [-0.3, -0.25) is 9.89 Å². The number of rotatable bonds is 11. The zero-order valence-electron chi connectivity index (χ0n) is 22.0. The van der Waals surface area contributed by atoms with Gasteiger partial charge < -0.3 is 15.0 Å². The van der Waals surface area contributed by atoms with Crippen LogP contribution in [0.5, 0.6) is 5.75 Å². The Morgan fingerprint density at radius 3 is 2.53 bits per heavy atom. The van der Waals surface area contributed by atoms with Crippen molar-refractivity contribution in [2.24, 2.45) is 0 Å². The van der Waals surface area contributed by atoms with Crippen LogP contribution in [0.3, 0.4) is 0 Å². The molecule has 0 aliphatic rings. The smallest absolute Gasteiger partial charge is 0.245 e. The van der Waals surface area contributed by atoms with Gasteiger partial charge in [-0.2, -0.15) is 5.10 Å². The topological polar surface area (TPSA) is 70.2 Å². The van der Waals surface area contributed by atoms with Gasteiger partial charge in [-0.15, -0.1) is 0 Å². The number of carbonyl (C=O) groups is 1. The fourth-order valence-electron chi connectivity index (χ4n) is 4.29. The van der Waals surface area contributed by atoms with Crippen LogP contribution in [0.1, 0.15) is 30.0 Å². The Kier molecular flexibility index (Phi) is 9.06. The summed E-state index contributed by atoms with van der Waals surface area (Å²) in [5, 5.41) is 10.5. The number of amides is 1. The standard InChI is InChI=1S/C31H33FN4O2/c1-4-25(22-9-6-5-7-10-22)30(26-16-17-28-27(31(26)32)21-34-35-28)23-12-14-24(15-13-23)38-20-19-33-18-8-11-29(37)36(2)3/h5-17,21,33H,4,18-20H2,1-3H3,(H,34,35). The minimum atomic E-state index is -0.291. The van der Waals surface area contributed by atoms with Crippen LogP contribution in [0.25, 0.3) is 22.0 Å². The lowest BCUT2D eigenvalue weighted by Crippen LogP contribution is -2.22. The van der Waals surface area contributed by atoms with Gasteiger partial charge in [0, 0.05) is 38.8 Å². The first-order valence-corrected chi connectivity index (χ1v) is 12.7. The highest BCUT2D eigenvalue weighted by molar-refractivity contribution is 6.00. The van der Waals surface area contributed by atoms with Crippen LogP contribution in [-0.2, 0) is 4.79 Å². The van der Waals surface area contributed by atoms with Crippen molar-refractivity contribution >= 4 is 28.0 Å². The number of aromatic nitrogens is 2. The first-order valence-electron chi connectivity index (χ1n) is 12.7. The molecule has 0 saturated heterocycles. The summed E-state index contributed by atoms with van der Waals surface area (Å²) >= 11 is 0. The molecular weight excluding hydrogens is 479 g/mol. The van der Waals surface area contributed by atoms with Gasteiger partial charge in [0.15, 0.2) is 0 Å². The van der Waals surface area contributed by atoms with Crippen molar-refractivity contribution in [1.82, 2.24) is 20.4 Å². The van der Waals surface area contributed by atoms with E-state index in [2.05, 4.69) is 34.6 Å². The molecule has 0 atom stereocenters. The number of hydrogen-bond donors (Lipinski definition) is 2. The molecule has 0 aliphatic carbocycles. The molecule has 0 unspecified atom stereocenters. The average molecular weight is 513 g/mol. The monoisotopic (exact) mass is 512 g/mol. The minimum absolute atomic E-state index is 0.0420. The molecule has 7 heteroatoms. The maximum atomic E-state index is 15.8. The second-order valence-electron chi connectivity index (χ2n) is 9.04. The Balaban J connectivity index is 1.54. The highest BCUT2D eigenvalue weighted by Crippen LogP contribution is 2.37. The molecule has 38 heavy (non-hydrogen) atoms. The Morgan fingerprint density at radius 1 is 1.05 bits per heavy atom. The summed E-state index contributed by atoms with van der Waals surface area (Å²) in [6.45, 7) is 3.79. The molecule has 4 aromatic rings. The van der Waals surface area contributed by atoms with E-state index in [1.54, 1.807) is 26.2 Å². The van der Waals surface area contributed by atoms with E-state index in [0.29, 0.717) is 36.2 Å². The lowest BCUT2D eigenvalue weighted by molar-refractivity contribution is -0.123. The van der Waals surface area contributed by atoms with Crippen LogP contribution in [0.4, 0.5) is 4.39 Å². The SMILES string of the molecule is CCC(=C(c1ccc(OCCNCC=CC(=O)N(C)C)cc1)c1ccc2[nH]ncc2c1F)c1ccccc1. The molecule has 6 nitrogen and oxygen atoms in total. The molecule has 196 valence electrons. The molecule has 0 bridgehead atoms. The number of allylic oxidation sites excluding steroid dienone is 1. The number of aromatic amines is 1. The van der Waals surface area contributed by atoms with E-state index in [0.717, 1.165) is 34.4 Å². The highest BCUT2D eigenvalue weighted by atomic mass is 19.1. The van der Waals surface area contributed by atoms with E-state index in [9.17, 15) is 4.79 Å². The molecule has 1 heterocycles. The van der Waals surface area contributed by atoms with E-state index in [-0.39, 0.29) is 11.7 Å². The average Bonchev–Trinajstić information content (AvgIpc) is 3.42. The molecule has 4 rings (SSSR count). The number of fused-ring (bicyclic) bond motifs is 1. The van der Waals surface area contributed by atoms with Crippen molar-refractivity contribution in [3.05, 3.63) is 108 Å². The van der Waals surface area contributed by atoms with Crippen LogP contribution >= 0.6 is 0 Å². The molecule has 3 aromatic carbocycles. The summed E-state index contributed by atoms with van der Waals surface area (Å²) in [5.41, 5.74) is 5.09. The fraction of sp³-hybridized carbons (Fsp3) is 0.226. The van der Waals surface area contributed by atoms with Crippen molar-refractivity contribution in [3.63, 3.8) is 0 Å². The van der Waals surface area contributed by atoms with Crippen molar-refractivity contribution in [2.45, 2.75) is 13.3 Å². The number of hydrogen-bond acceptors (Lipinski definition) is 4. The molecule has 0 saturated carbocycles. The lowest BCUT2D eigenvalue weighted by atomic mass is 9.87. The lowest BCUT2D eigenvalue weighted by Gasteiger charge is -2.17. The van der Waals surface area contributed by atoms with Crippen LogP contribution in [0.2, 0.25) is 0 Å². The van der Waals surface area contributed by atoms with E-state index in [1.807, 2.05) is 54.6 Å². The first kappa shape index (κ1) is 26.8. The van der Waals surface area contributed by atoms with Crippen molar-refractivity contribution in [1.29, 1.82) is 0 Å². The summed E-state index contributed by atoms with van der Waals surface area (Å²) in [7, 11) is 3.44. The minimum Gasteiger partial charge on any atom is -0.492 e. The molecule has 0 fully saturated rings. The third-order valence-corrected chi connectivity index (χ3v) is 6.26. The van der Waals surface area contributed by atoms with Crippen LogP contribution in [-0.4, -0.2) is 54.8 Å². The third kappa shape index (κ3) is 6.36. The van der Waals surface area contributed by atoms with Crippen molar-refractivity contribution in [2.75, 3.05) is 33.8 Å². The zero-order valence-corrected chi connectivity index (χ0v) is 22.0. The number of halogens is 1. The van der Waals surface area contributed by atoms with Gasteiger partial charge in [-0.05, 0) is 53.0 Å². The van der Waals surface area contributed by atoms with Crippen molar-refractivity contribution in [3.8, 4) is 5.75 Å². The summed E-state index contributed by atoms with van der Waals surface area (Å²) in [6.07, 6.45) is 5.61. The number of ether oxygens (including phenoxy) is 1. The summed E-state index contributed by atoms with van der Waals surface area (Å²) in [6, 6.07) is 21.6. The van der Waals surface area contributed by atoms with E-state index in [4.69, 9.17) is 4.74 Å². The Morgan fingerprint density at radius 2 is 1.82 bits per heavy atom. The Bertz CT molecular complexity index is 1420. The molecular formula is C31H33FN4O2. The fourth-order valence-corrected chi connectivity index (χ4v) is 4.29. The maximum absolute atomic E-state index is 15.8. The summed E-state index contributed by atoms with van der Waals surface area (Å²) < 4.78 is 21.6. The van der Waals surface area contributed by atoms with Crippen molar-refractivity contribution < 1.29 is 13.9 Å². The van der Waals surface area contributed by atoms with Gasteiger partial charge in [-0.25, -0.2) is 4.39 Å². The van der Waals surface area contributed by atoms with Crippen LogP contribution in [0.15, 0.2) is 85.1 Å². The molecule has 1 amide bonds. The highest BCUT2D eigenvalue weighted by Gasteiger charge is 2.19. The van der Waals surface area contributed by atoms with Gasteiger partial charge in [-0.1, -0.05) is 55.5 Å². The van der Waals surface area contributed by atoms with Gasteiger partial charge in [0.25, 0.3) is 0 Å². The van der Waals surface area contributed by atoms with Gasteiger partial charge in [0.1, 0.15) is 18.2 Å². The molecule has 0 spiro atoms. The summed E-state index contributed by atoms with van der Waals surface area (Å²) in [4.78, 5) is 13.1. The largest absolute Gasteiger partial charge is 0.492 e. The van der Waals surface area contributed by atoms with Gasteiger partial charge in [0.05, 0.1) is 17.1 Å². The first-order chi connectivity index (χ1) is 18.5. The maximum Gasteiger partial charge on any atom is 0.245 e. The molecule has 0 radical (unpaired) electrons. The number of nitrogens with one attached hydrogen (secondary N) is 2. The molecule has 2 N–H and O–H groups in total. The second kappa shape index (κ2) is 12.8. The number of carbonyl (C=O) groups excluding carboxylic acids is 1. The van der Waals surface area contributed by atoms with Crippen LogP contribution in [0, 0.1) is 5.82 Å². The predicted octanol–water partition coefficient (Wildman–Crippen LogP) is 5.68. The third-order valence-electron chi connectivity index (χ3n) is 6.26. The number of likely N-dealkylation sites (N-methyl/N-ethyl adjacent to an activating group) is 1. The number of nitrogens with zero attached hydrogens (tertiary/aromatic N) is 2. The zero-order chi connectivity index (χ0) is 26.9. The second-order valence-corrected chi connectivity index (χ2v) is 9.04. The van der Waals surface area contributed by atoms with E-state index >= 15 is 4.39 Å². The number of benzene rings is 3. The van der Waals surface area contributed by atoms with E-state index < -0.39 is 0 Å². The van der Waals surface area contributed by atoms with E-state index in [1.165, 1.54) is 11.1 Å². The predicted molar refractivity (Wildman–Crippen MR) is 151 cm³/mol. The van der Waals surface area contributed by atoms with Gasteiger partial charge >= 0.3 is 0 Å². The quantitative estimate of drug-likeness (QED) is 0.154.